The Morgan fingerprint density at radius 2 is 1.58 bits per heavy atom. The second-order valence-corrected chi connectivity index (χ2v) is 4.70. The average Bonchev–Trinajstić information content (AvgIpc) is 2.26. The number of hydrogen-bond donors (Lipinski definition) is 2. The molecule has 0 saturated carbocycles. The number of alkyl halides is 4. The summed E-state index contributed by atoms with van der Waals surface area (Å²) in [6.45, 7) is 1.40. The monoisotopic (exact) mass is 283 g/mol. The Balaban J connectivity index is 3.30. The molecule has 7 heteroatoms. The lowest BCUT2D eigenvalue weighted by Crippen LogP contribution is -2.61. The van der Waals surface area contributed by atoms with E-state index in [1.807, 2.05) is 0 Å². The van der Waals surface area contributed by atoms with Gasteiger partial charge in [-0.15, -0.1) is 0 Å². The Labute approximate surface area is 107 Å². The molecule has 0 fully saturated rings. The van der Waals surface area contributed by atoms with Gasteiger partial charge in [0, 0.05) is 5.56 Å². The molecule has 1 aromatic rings. The molecular weight excluding hydrogens is 269 g/mol. The fraction of sp³-hybridized carbons (Fsp3) is 0.500. The van der Waals surface area contributed by atoms with Gasteiger partial charge < -0.3 is 10.8 Å². The lowest BCUT2D eigenvalue weighted by atomic mass is 9.75. The van der Waals surface area contributed by atoms with E-state index in [0.717, 1.165) is 19.1 Å². The number of rotatable bonds is 3. The maximum atomic E-state index is 14.4. The highest BCUT2D eigenvalue weighted by Crippen LogP contribution is 2.42. The van der Waals surface area contributed by atoms with E-state index >= 15 is 0 Å². The summed E-state index contributed by atoms with van der Waals surface area (Å²) in [5.74, 6) is -0.939. The van der Waals surface area contributed by atoms with Crippen molar-refractivity contribution >= 4 is 0 Å². The van der Waals surface area contributed by atoms with Gasteiger partial charge in [-0.3, -0.25) is 0 Å². The van der Waals surface area contributed by atoms with Gasteiger partial charge in [0.2, 0.25) is 0 Å². The van der Waals surface area contributed by atoms with Crippen LogP contribution in [0.15, 0.2) is 24.3 Å². The Kier molecular flexibility index (Phi) is 3.93. The predicted octanol–water partition coefficient (Wildman–Crippen LogP) is 2.65. The molecule has 2 nitrogen and oxygen atoms in total. The van der Waals surface area contributed by atoms with Crippen molar-refractivity contribution in [1.82, 2.24) is 0 Å². The van der Waals surface area contributed by atoms with Crippen LogP contribution >= 0.6 is 0 Å². The normalized spacial score (nSPS) is 20.5. The van der Waals surface area contributed by atoms with Gasteiger partial charge in [-0.25, -0.2) is 8.78 Å². The van der Waals surface area contributed by atoms with Crippen LogP contribution in [-0.2, 0) is 5.54 Å². The third-order valence-electron chi connectivity index (χ3n) is 3.27. The Morgan fingerprint density at radius 3 is 2.00 bits per heavy atom. The van der Waals surface area contributed by atoms with E-state index in [1.54, 1.807) is 0 Å². The molecule has 0 saturated heterocycles. The lowest BCUT2D eigenvalue weighted by molar-refractivity contribution is -0.249. The van der Waals surface area contributed by atoms with Gasteiger partial charge in [-0.05, 0) is 19.9 Å². The highest BCUT2D eigenvalue weighted by atomic mass is 19.4. The van der Waals surface area contributed by atoms with Gasteiger partial charge in [-0.2, -0.15) is 13.2 Å². The summed E-state index contributed by atoms with van der Waals surface area (Å²) in [6, 6.07) is 4.65. The molecule has 0 bridgehead atoms. The number of halogens is 5. The van der Waals surface area contributed by atoms with Crippen LogP contribution in [-0.4, -0.2) is 23.1 Å². The first kappa shape index (κ1) is 15.8. The Bertz CT molecular complexity index is 456. The third-order valence-corrected chi connectivity index (χ3v) is 3.27. The van der Waals surface area contributed by atoms with Crippen LogP contribution in [0.5, 0.6) is 0 Å². The average molecular weight is 283 g/mol. The van der Waals surface area contributed by atoms with Crippen molar-refractivity contribution in [3.05, 3.63) is 35.6 Å². The van der Waals surface area contributed by atoms with Crippen LogP contribution in [0.4, 0.5) is 22.0 Å². The number of hydrogen-bond acceptors (Lipinski definition) is 2. The number of aliphatic hydroxyl groups excluding tert-OH is 1. The van der Waals surface area contributed by atoms with E-state index in [4.69, 9.17) is 10.8 Å². The molecule has 0 amide bonds. The summed E-state index contributed by atoms with van der Waals surface area (Å²) >= 11 is 0. The molecule has 1 rings (SSSR count). The second kappa shape index (κ2) is 4.72. The van der Waals surface area contributed by atoms with E-state index in [1.165, 1.54) is 12.1 Å². The van der Waals surface area contributed by atoms with Crippen LogP contribution in [0.1, 0.15) is 19.4 Å². The van der Waals surface area contributed by atoms with Gasteiger partial charge in [0.15, 0.2) is 11.8 Å². The summed E-state index contributed by atoms with van der Waals surface area (Å²) in [5, 5.41) is 9.10. The highest BCUT2D eigenvalue weighted by Gasteiger charge is 2.59. The molecule has 0 radical (unpaired) electrons. The number of nitrogens with two attached hydrogens (primary N) is 1. The molecule has 0 aliphatic heterocycles. The molecule has 0 heterocycles. The summed E-state index contributed by atoms with van der Waals surface area (Å²) in [4.78, 5) is 0. The quantitative estimate of drug-likeness (QED) is 0.838. The van der Waals surface area contributed by atoms with Gasteiger partial charge >= 0.3 is 6.18 Å². The first-order chi connectivity index (χ1) is 8.42. The van der Waals surface area contributed by atoms with Crippen molar-refractivity contribution in [2.45, 2.75) is 37.3 Å². The fourth-order valence-corrected chi connectivity index (χ4v) is 1.74. The molecule has 0 aliphatic rings. The maximum absolute atomic E-state index is 14.4. The third kappa shape index (κ3) is 2.71. The summed E-state index contributed by atoms with van der Waals surface area (Å²) in [5.41, 5.74) is -0.554. The molecule has 3 atom stereocenters. The predicted molar refractivity (Wildman–Crippen MR) is 59.5 cm³/mol. The maximum Gasteiger partial charge on any atom is 0.417 e. The first-order valence-electron chi connectivity index (χ1n) is 5.40. The zero-order valence-corrected chi connectivity index (χ0v) is 10.3. The van der Waals surface area contributed by atoms with E-state index in [2.05, 4.69) is 0 Å². The number of aliphatic hydroxyl groups is 1. The van der Waals surface area contributed by atoms with Crippen LogP contribution in [0, 0.1) is 5.82 Å². The standard InChI is InChI=1S/C12H14F5NO/c1-10(14,9(19)12(15,16)17)11(2,18)7-5-3-4-6-8(7)13/h3-6,9,19H,18H2,1-2H3/t9-,10+,11-/m1/s1. The van der Waals surface area contributed by atoms with Gasteiger partial charge in [0.1, 0.15) is 5.82 Å². The molecule has 19 heavy (non-hydrogen) atoms. The van der Waals surface area contributed by atoms with Crippen molar-refractivity contribution in [2.75, 3.05) is 0 Å². The van der Waals surface area contributed by atoms with E-state index in [0.29, 0.717) is 6.92 Å². The minimum absolute atomic E-state index is 0.441. The zero-order valence-electron chi connectivity index (χ0n) is 10.3. The highest BCUT2D eigenvalue weighted by molar-refractivity contribution is 5.29. The van der Waals surface area contributed by atoms with Gasteiger partial charge in [0.25, 0.3) is 0 Å². The van der Waals surface area contributed by atoms with E-state index in [9.17, 15) is 22.0 Å². The van der Waals surface area contributed by atoms with Crippen LogP contribution in [0.25, 0.3) is 0 Å². The van der Waals surface area contributed by atoms with Crippen molar-refractivity contribution in [1.29, 1.82) is 0 Å². The smallest absolute Gasteiger partial charge is 0.381 e. The molecule has 108 valence electrons. The molecule has 0 aliphatic carbocycles. The summed E-state index contributed by atoms with van der Waals surface area (Å²) in [6.07, 6.45) is -8.52. The van der Waals surface area contributed by atoms with Crippen LogP contribution < -0.4 is 5.73 Å². The van der Waals surface area contributed by atoms with E-state index < -0.39 is 34.9 Å². The lowest BCUT2D eigenvalue weighted by Gasteiger charge is -2.41. The van der Waals surface area contributed by atoms with Gasteiger partial charge in [0.05, 0.1) is 5.54 Å². The fourth-order valence-electron chi connectivity index (χ4n) is 1.74. The van der Waals surface area contributed by atoms with E-state index in [-0.39, 0.29) is 0 Å². The van der Waals surface area contributed by atoms with Crippen molar-refractivity contribution < 1.29 is 27.1 Å². The molecule has 3 N–H and O–H groups in total. The summed E-state index contributed by atoms with van der Waals surface area (Å²) < 4.78 is 65.3. The van der Waals surface area contributed by atoms with Crippen LogP contribution in [0.3, 0.4) is 0 Å². The molecule has 0 aromatic heterocycles. The Hall–Kier alpha value is -1.21. The minimum atomic E-state index is -5.20. The molecular formula is C12H14F5NO. The SMILES string of the molecule is C[C@](F)([C@@H](O)C(F)(F)F)[C@](C)(N)c1ccccc1F. The van der Waals surface area contributed by atoms with Crippen LogP contribution in [0.2, 0.25) is 0 Å². The number of benzene rings is 1. The summed E-state index contributed by atoms with van der Waals surface area (Å²) in [7, 11) is 0. The van der Waals surface area contributed by atoms with Gasteiger partial charge in [-0.1, -0.05) is 18.2 Å². The zero-order chi connectivity index (χ0) is 15.1. The van der Waals surface area contributed by atoms with Crippen molar-refractivity contribution in [2.24, 2.45) is 5.73 Å². The topological polar surface area (TPSA) is 46.2 Å². The molecule has 0 spiro atoms. The second-order valence-electron chi connectivity index (χ2n) is 4.70. The minimum Gasteiger partial charge on any atom is -0.381 e. The molecule has 1 aromatic carbocycles. The van der Waals surface area contributed by atoms with Crippen molar-refractivity contribution in [3.8, 4) is 0 Å². The largest absolute Gasteiger partial charge is 0.417 e. The van der Waals surface area contributed by atoms with Crippen molar-refractivity contribution in [3.63, 3.8) is 0 Å². The molecule has 0 unspecified atom stereocenters. The Morgan fingerprint density at radius 1 is 1.11 bits per heavy atom. The first-order valence-corrected chi connectivity index (χ1v) is 5.40.